The molecule has 0 saturated heterocycles. The van der Waals surface area contributed by atoms with E-state index in [2.05, 4.69) is 9.47 Å². The third-order valence-electron chi connectivity index (χ3n) is 3.77. The highest BCUT2D eigenvalue weighted by Crippen LogP contribution is 2.29. The second-order valence-electron chi connectivity index (χ2n) is 5.12. The Bertz CT molecular complexity index is 383. The van der Waals surface area contributed by atoms with Crippen molar-refractivity contribution in [2.24, 2.45) is 17.8 Å². The summed E-state index contributed by atoms with van der Waals surface area (Å²) in [4.78, 5) is 34.7. The number of rotatable bonds is 6. The average Bonchev–Trinajstić information content (AvgIpc) is 2.77. The van der Waals surface area contributed by atoms with Gasteiger partial charge < -0.3 is 9.47 Å². The fourth-order valence-corrected chi connectivity index (χ4v) is 2.44. The van der Waals surface area contributed by atoms with Gasteiger partial charge in [0.25, 0.3) is 0 Å². The van der Waals surface area contributed by atoms with Gasteiger partial charge in [0, 0.05) is 11.8 Å². The van der Waals surface area contributed by atoms with Crippen molar-refractivity contribution in [2.45, 2.75) is 32.6 Å². The molecule has 2 atom stereocenters. The number of Topliss-reactive ketones (excluding diaryl/α,β-unsaturated/α-hetero) is 1. The molecule has 1 aliphatic carbocycles. The topological polar surface area (TPSA) is 69.7 Å². The lowest BCUT2D eigenvalue weighted by Gasteiger charge is -2.10. The van der Waals surface area contributed by atoms with Crippen LogP contribution in [0.2, 0.25) is 0 Å². The van der Waals surface area contributed by atoms with E-state index in [1.165, 1.54) is 14.2 Å². The highest BCUT2D eigenvalue weighted by atomic mass is 16.5. The second-order valence-corrected chi connectivity index (χ2v) is 5.12. The van der Waals surface area contributed by atoms with Crippen molar-refractivity contribution >= 4 is 17.7 Å². The molecular weight excluding hydrogens is 260 g/mol. The van der Waals surface area contributed by atoms with Crippen molar-refractivity contribution in [2.75, 3.05) is 14.2 Å². The summed E-state index contributed by atoms with van der Waals surface area (Å²) in [5.41, 5.74) is 0. The second kappa shape index (κ2) is 7.82. The van der Waals surface area contributed by atoms with E-state index in [4.69, 9.17) is 0 Å². The first-order valence-corrected chi connectivity index (χ1v) is 6.85. The van der Waals surface area contributed by atoms with Crippen LogP contribution in [0.3, 0.4) is 0 Å². The molecule has 112 valence electrons. The molecular formula is C15H22O5. The Morgan fingerprint density at radius 1 is 1.20 bits per heavy atom. The standard InChI is InChI=1S/C15H22O5/c1-10-8-9-11(13(10)16)6-4-5-7-12(14(17)19-2)15(18)20-3/h4-5,10-12H,6-9H2,1-3H3/b5-4+/t10-,11-/m1/s1. The molecule has 0 unspecified atom stereocenters. The Hall–Kier alpha value is -1.65. The van der Waals surface area contributed by atoms with Crippen molar-refractivity contribution in [3.63, 3.8) is 0 Å². The fourth-order valence-electron chi connectivity index (χ4n) is 2.44. The highest BCUT2D eigenvalue weighted by molar-refractivity contribution is 5.94. The van der Waals surface area contributed by atoms with Gasteiger partial charge in [-0.05, 0) is 25.7 Å². The van der Waals surface area contributed by atoms with Crippen LogP contribution in [0.1, 0.15) is 32.6 Å². The molecule has 1 aliphatic rings. The van der Waals surface area contributed by atoms with E-state index in [0.717, 1.165) is 12.8 Å². The molecule has 0 spiro atoms. The first-order valence-electron chi connectivity index (χ1n) is 6.85. The SMILES string of the molecule is COC(=O)C(C/C=C/C[C@@H]1CC[C@@H](C)C1=O)C(=O)OC. The summed E-state index contributed by atoms with van der Waals surface area (Å²) in [6.07, 6.45) is 6.37. The van der Waals surface area contributed by atoms with Gasteiger partial charge in [0.15, 0.2) is 5.92 Å². The Kier molecular flexibility index (Phi) is 6.42. The quantitative estimate of drug-likeness (QED) is 0.423. The molecule has 20 heavy (non-hydrogen) atoms. The largest absolute Gasteiger partial charge is 0.468 e. The molecule has 0 aliphatic heterocycles. The maximum atomic E-state index is 11.8. The fraction of sp³-hybridized carbons (Fsp3) is 0.667. The zero-order valence-corrected chi connectivity index (χ0v) is 12.3. The Morgan fingerprint density at radius 3 is 2.25 bits per heavy atom. The number of ketones is 1. The molecule has 0 aromatic carbocycles. The maximum absolute atomic E-state index is 11.8. The van der Waals surface area contributed by atoms with E-state index < -0.39 is 17.9 Å². The van der Waals surface area contributed by atoms with Crippen molar-refractivity contribution in [3.05, 3.63) is 12.2 Å². The summed E-state index contributed by atoms with van der Waals surface area (Å²) in [5, 5.41) is 0. The number of hydrogen-bond donors (Lipinski definition) is 0. The summed E-state index contributed by atoms with van der Waals surface area (Å²) in [6.45, 7) is 1.95. The molecule has 1 fully saturated rings. The van der Waals surface area contributed by atoms with E-state index in [9.17, 15) is 14.4 Å². The number of carbonyl (C=O) groups is 3. The lowest BCUT2D eigenvalue weighted by Crippen LogP contribution is -2.25. The van der Waals surface area contributed by atoms with E-state index in [-0.39, 0.29) is 18.3 Å². The van der Waals surface area contributed by atoms with Gasteiger partial charge in [-0.3, -0.25) is 14.4 Å². The summed E-state index contributed by atoms with van der Waals surface area (Å²) in [7, 11) is 2.47. The van der Waals surface area contributed by atoms with Gasteiger partial charge in [-0.15, -0.1) is 0 Å². The van der Waals surface area contributed by atoms with Gasteiger partial charge in [-0.1, -0.05) is 19.1 Å². The van der Waals surface area contributed by atoms with E-state index >= 15 is 0 Å². The predicted octanol–water partition coefficient (Wildman–Crippen LogP) is 1.90. The number of esters is 2. The lowest BCUT2D eigenvalue weighted by atomic mass is 9.99. The summed E-state index contributed by atoms with van der Waals surface area (Å²) < 4.78 is 9.14. The third-order valence-corrected chi connectivity index (χ3v) is 3.77. The van der Waals surface area contributed by atoms with Crippen LogP contribution in [0.4, 0.5) is 0 Å². The number of carbonyl (C=O) groups excluding carboxylic acids is 3. The maximum Gasteiger partial charge on any atom is 0.320 e. The van der Waals surface area contributed by atoms with Gasteiger partial charge in [0.1, 0.15) is 5.78 Å². The van der Waals surface area contributed by atoms with Crippen LogP contribution in [0, 0.1) is 17.8 Å². The van der Waals surface area contributed by atoms with Crippen LogP contribution in [0.15, 0.2) is 12.2 Å². The van der Waals surface area contributed by atoms with Crippen LogP contribution in [-0.2, 0) is 23.9 Å². The zero-order chi connectivity index (χ0) is 15.1. The van der Waals surface area contributed by atoms with Crippen LogP contribution >= 0.6 is 0 Å². The van der Waals surface area contributed by atoms with Gasteiger partial charge in [-0.2, -0.15) is 0 Å². The van der Waals surface area contributed by atoms with Crippen LogP contribution in [0.25, 0.3) is 0 Å². The zero-order valence-electron chi connectivity index (χ0n) is 12.3. The molecule has 5 nitrogen and oxygen atoms in total. The monoisotopic (exact) mass is 282 g/mol. The summed E-state index contributed by atoms with van der Waals surface area (Å²) in [5.74, 6) is -1.59. The minimum atomic E-state index is -0.931. The van der Waals surface area contributed by atoms with Crippen LogP contribution in [-0.4, -0.2) is 31.9 Å². The minimum Gasteiger partial charge on any atom is -0.468 e. The van der Waals surface area contributed by atoms with Crippen molar-refractivity contribution in [1.82, 2.24) is 0 Å². The molecule has 0 amide bonds. The first-order chi connectivity index (χ1) is 9.51. The predicted molar refractivity (Wildman–Crippen MR) is 72.8 cm³/mol. The molecule has 0 aromatic heterocycles. The van der Waals surface area contributed by atoms with Crippen LogP contribution < -0.4 is 0 Å². The van der Waals surface area contributed by atoms with Crippen molar-refractivity contribution in [1.29, 1.82) is 0 Å². The van der Waals surface area contributed by atoms with Crippen molar-refractivity contribution in [3.8, 4) is 0 Å². The van der Waals surface area contributed by atoms with E-state index in [1.54, 1.807) is 6.08 Å². The number of allylic oxidation sites excluding steroid dienone is 2. The summed E-state index contributed by atoms with van der Waals surface area (Å²) >= 11 is 0. The molecule has 0 heterocycles. The van der Waals surface area contributed by atoms with Crippen LogP contribution in [0.5, 0.6) is 0 Å². The Labute approximate surface area is 119 Å². The van der Waals surface area contributed by atoms with Gasteiger partial charge in [0.05, 0.1) is 14.2 Å². The highest BCUT2D eigenvalue weighted by Gasteiger charge is 2.30. The normalized spacial score (nSPS) is 22.5. The molecule has 5 heteroatoms. The smallest absolute Gasteiger partial charge is 0.320 e. The molecule has 1 saturated carbocycles. The molecule has 0 aromatic rings. The summed E-state index contributed by atoms with van der Waals surface area (Å²) in [6, 6.07) is 0. The van der Waals surface area contributed by atoms with Gasteiger partial charge >= 0.3 is 11.9 Å². The number of ether oxygens (including phenoxy) is 2. The van der Waals surface area contributed by atoms with Gasteiger partial charge in [0.2, 0.25) is 0 Å². The molecule has 1 rings (SSSR count). The molecule has 0 N–H and O–H groups in total. The first kappa shape index (κ1) is 16.4. The average molecular weight is 282 g/mol. The Morgan fingerprint density at radius 2 is 1.80 bits per heavy atom. The lowest BCUT2D eigenvalue weighted by molar-refractivity contribution is -0.158. The van der Waals surface area contributed by atoms with E-state index in [1.807, 2.05) is 13.0 Å². The van der Waals surface area contributed by atoms with Gasteiger partial charge in [-0.25, -0.2) is 0 Å². The molecule has 0 bridgehead atoms. The van der Waals surface area contributed by atoms with E-state index in [0.29, 0.717) is 12.2 Å². The van der Waals surface area contributed by atoms with Crippen molar-refractivity contribution < 1.29 is 23.9 Å². The Balaban J connectivity index is 2.47. The molecule has 0 radical (unpaired) electrons. The number of methoxy groups -OCH3 is 2. The number of hydrogen-bond acceptors (Lipinski definition) is 5. The third kappa shape index (κ3) is 4.18. The minimum absolute atomic E-state index is 0.0796.